The highest BCUT2D eigenvalue weighted by Crippen LogP contribution is 2.14. The van der Waals surface area contributed by atoms with Crippen LogP contribution in [-0.4, -0.2) is 42.1 Å². The molecule has 0 spiro atoms. The first-order valence-electron chi connectivity index (χ1n) is 5.99. The Bertz CT molecular complexity index is 319. The molecule has 5 heteroatoms. The fourth-order valence-corrected chi connectivity index (χ4v) is 2.05. The molecule has 0 atom stereocenters. The minimum atomic E-state index is 0.833. The van der Waals surface area contributed by atoms with Gasteiger partial charge < -0.3 is 10.2 Å². The first-order valence-corrected chi connectivity index (χ1v) is 7.38. The van der Waals surface area contributed by atoms with Gasteiger partial charge in [0.15, 0.2) is 0 Å². The number of nitrogens with zero attached hydrogens (tertiary/aromatic N) is 3. The van der Waals surface area contributed by atoms with Crippen molar-refractivity contribution in [1.82, 2.24) is 15.3 Å². The van der Waals surface area contributed by atoms with Crippen LogP contribution in [0.2, 0.25) is 0 Å². The van der Waals surface area contributed by atoms with Gasteiger partial charge in [-0.25, -0.2) is 9.97 Å². The summed E-state index contributed by atoms with van der Waals surface area (Å²) < 4.78 is 0. The molecule has 1 heterocycles. The topological polar surface area (TPSA) is 41.1 Å². The van der Waals surface area contributed by atoms with Crippen molar-refractivity contribution in [2.24, 2.45) is 0 Å². The average molecular weight is 254 g/mol. The van der Waals surface area contributed by atoms with Crippen molar-refractivity contribution >= 4 is 17.6 Å². The summed E-state index contributed by atoms with van der Waals surface area (Å²) in [5.74, 6) is 2.24. The normalized spacial score (nSPS) is 10.5. The van der Waals surface area contributed by atoms with E-state index in [-0.39, 0.29) is 0 Å². The van der Waals surface area contributed by atoms with Crippen molar-refractivity contribution in [3.8, 4) is 0 Å². The van der Waals surface area contributed by atoms with E-state index in [0.29, 0.717) is 0 Å². The number of hydrogen-bond acceptors (Lipinski definition) is 5. The molecule has 0 radical (unpaired) electrons. The van der Waals surface area contributed by atoms with Gasteiger partial charge in [-0.05, 0) is 25.0 Å². The number of nitrogens with one attached hydrogen (secondary N) is 1. The van der Waals surface area contributed by atoms with Crippen LogP contribution >= 0.6 is 11.8 Å². The predicted octanol–water partition coefficient (Wildman–Crippen LogP) is 1.78. The van der Waals surface area contributed by atoms with E-state index >= 15 is 0 Å². The highest BCUT2D eigenvalue weighted by Gasteiger charge is 2.08. The maximum atomic E-state index is 4.38. The second-order valence-electron chi connectivity index (χ2n) is 3.92. The Hall–Kier alpha value is -0.810. The summed E-state index contributed by atoms with van der Waals surface area (Å²) in [5.41, 5.74) is 1.17. The van der Waals surface area contributed by atoms with Gasteiger partial charge in [-0.1, -0.05) is 6.92 Å². The second-order valence-corrected chi connectivity index (χ2v) is 4.91. The fourth-order valence-electron chi connectivity index (χ4n) is 1.63. The van der Waals surface area contributed by atoms with Crippen LogP contribution in [0.15, 0.2) is 12.5 Å². The fraction of sp³-hybridized carbons (Fsp3) is 0.667. The van der Waals surface area contributed by atoms with Crippen molar-refractivity contribution in [2.75, 3.05) is 37.0 Å². The average Bonchev–Trinajstić information content (AvgIpc) is 2.37. The summed E-state index contributed by atoms with van der Waals surface area (Å²) in [6.07, 6.45) is 6.84. The van der Waals surface area contributed by atoms with Gasteiger partial charge in [-0.3, -0.25) is 0 Å². The van der Waals surface area contributed by atoms with Gasteiger partial charge in [0.05, 0.1) is 0 Å². The van der Waals surface area contributed by atoms with Gasteiger partial charge in [0.1, 0.15) is 12.1 Å². The summed E-state index contributed by atoms with van der Waals surface area (Å²) in [6, 6.07) is 0. The van der Waals surface area contributed by atoms with E-state index in [1.165, 1.54) is 17.7 Å². The van der Waals surface area contributed by atoms with E-state index in [0.717, 1.165) is 25.5 Å². The van der Waals surface area contributed by atoms with E-state index in [1.807, 2.05) is 18.0 Å². The van der Waals surface area contributed by atoms with Crippen molar-refractivity contribution < 1.29 is 0 Å². The molecule has 4 nitrogen and oxygen atoms in total. The number of rotatable bonds is 8. The van der Waals surface area contributed by atoms with E-state index in [4.69, 9.17) is 0 Å². The summed E-state index contributed by atoms with van der Waals surface area (Å²) in [6.45, 7) is 4.94. The molecule has 1 rings (SSSR count). The molecule has 0 saturated carbocycles. The molecule has 0 aromatic carbocycles. The Kier molecular flexibility index (Phi) is 6.96. The lowest BCUT2D eigenvalue weighted by Crippen LogP contribution is -2.23. The Balaban J connectivity index is 2.60. The SMILES string of the molecule is CCNCc1cncnc1N(C)CCCSC. The second kappa shape index (κ2) is 8.31. The molecule has 0 aliphatic carbocycles. The minimum Gasteiger partial charge on any atom is -0.359 e. The molecule has 0 aliphatic heterocycles. The van der Waals surface area contributed by atoms with Crippen molar-refractivity contribution in [3.63, 3.8) is 0 Å². The van der Waals surface area contributed by atoms with Gasteiger partial charge >= 0.3 is 0 Å². The Morgan fingerprint density at radius 2 is 2.29 bits per heavy atom. The molecular formula is C12H22N4S. The predicted molar refractivity (Wildman–Crippen MR) is 75.7 cm³/mol. The minimum absolute atomic E-state index is 0.833. The monoisotopic (exact) mass is 254 g/mol. The van der Waals surface area contributed by atoms with Crippen LogP contribution in [-0.2, 0) is 6.54 Å². The maximum Gasteiger partial charge on any atom is 0.136 e. The molecule has 0 bridgehead atoms. The zero-order chi connectivity index (χ0) is 12.5. The molecular weight excluding hydrogens is 232 g/mol. The van der Waals surface area contributed by atoms with E-state index in [9.17, 15) is 0 Å². The van der Waals surface area contributed by atoms with Crippen LogP contribution in [0.5, 0.6) is 0 Å². The number of thioether (sulfide) groups is 1. The van der Waals surface area contributed by atoms with Crippen molar-refractivity contribution in [3.05, 3.63) is 18.1 Å². The van der Waals surface area contributed by atoms with Gasteiger partial charge in [-0.15, -0.1) is 0 Å². The summed E-state index contributed by atoms with van der Waals surface area (Å²) in [5, 5.41) is 3.32. The van der Waals surface area contributed by atoms with E-state index < -0.39 is 0 Å². The van der Waals surface area contributed by atoms with Crippen molar-refractivity contribution in [2.45, 2.75) is 19.9 Å². The van der Waals surface area contributed by atoms with Gasteiger partial charge in [0.2, 0.25) is 0 Å². The van der Waals surface area contributed by atoms with Crippen LogP contribution in [0.4, 0.5) is 5.82 Å². The number of hydrogen-bond donors (Lipinski definition) is 1. The smallest absolute Gasteiger partial charge is 0.136 e. The van der Waals surface area contributed by atoms with Gasteiger partial charge in [0.25, 0.3) is 0 Å². The lowest BCUT2D eigenvalue weighted by molar-refractivity contribution is 0.714. The Morgan fingerprint density at radius 3 is 3.00 bits per heavy atom. The first-order chi connectivity index (χ1) is 8.29. The quantitative estimate of drug-likeness (QED) is 0.716. The van der Waals surface area contributed by atoms with Crippen LogP contribution in [0.25, 0.3) is 0 Å². The first kappa shape index (κ1) is 14.3. The zero-order valence-electron chi connectivity index (χ0n) is 10.9. The third-order valence-corrected chi connectivity index (χ3v) is 3.23. The van der Waals surface area contributed by atoms with Gasteiger partial charge in [0, 0.05) is 31.9 Å². The molecule has 0 fully saturated rings. The molecule has 1 N–H and O–H groups in total. The molecule has 1 aromatic heterocycles. The molecule has 17 heavy (non-hydrogen) atoms. The summed E-state index contributed by atoms with van der Waals surface area (Å²) in [7, 11) is 2.10. The lowest BCUT2D eigenvalue weighted by atomic mass is 10.2. The molecule has 0 aliphatic rings. The molecule has 96 valence electrons. The molecule has 0 unspecified atom stereocenters. The largest absolute Gasteiger partial charge is 0.359 e. The summed E-state index contributed by atoms with van der Waals surface area (Å²) in [4.78, 5) is 10.7. The Morgan fingerprint density at radius 1 is 1.47 bits per heavy atom. The molecule has 0 amide bonds. The van der Waals surface area contributed by atoms with E-state index in [1.54, 1.807) is 6.33 Å². The highest BCUT2D eigenvalue weighted by atomic mass is 32.2. The number of anilines is 1. The number of aromatic nitrogens is 2. The van der Waals surface area contributed by atoms with Crippen LogP contribution in [0.3, 0.4) is 0 Å². The van der Waals surface area contributed by atoms with Crippen LogP contribution < -0.4 is 10.2 Å². The van der Waals surface area contributed by atoms with Gasteiger partial charge in [-0.2, -0.15) is 11.8 Å². The third kappa shape index (κ3) is 4.91. The Labute approximate surface area is 108 Å². The molecule has 1 aromatic rings. The van der Waals surface area contributed by atoms with Crippen LogP contribution in [0.1, 0.15) is 18.9 Å². The highest BCUT2D eigenvalue weighted by molar-refractivity contribution is 7.98. The van der Waals surface area contributed by atoms with Crippen molar-refractivity contribution in [1.29, 1.82) is 0 Å². The zero-order valence-corrected chi connectivity index (χ0v) is 11.8. The summed E-state index contributed by atoms with van der Waals surface area (Å²) >= 11 is 1.89. The lowest BCUT2D eigenvalue weighted by Gasteiger charge is -2.20. The standard InChI is InChI=1S/C12H22N4S/c1-4-13-8-11-9-14-10-15-12(11)16(2)6-5-7-17-3/h9-10,13H,4-8H2,1-3H3. The molecule has 0 saturated heterocycles. The maximum absolute atomic E-state index is 4.38. The van der Waals surface area contributed by atoms with E-state index in [2.05, 4.69) is 40.4 Å². The van der Waals surface area contributed by atoms with Crippen LogP contribution in [0, 0.1) is 0 Å². The third-order valence-electron chi connectivity index (χ3n) is 2.53.